The van der Waals surface area contributed by atoms with E-state index in [-0.39, 0.29) is 12.6 Å². The molecule has 32 heavy (non-hydrogen) atoms. The van der Waals surface area contributed by atoms with Crippen LogP contribution in [0.5, 0.6) is 23.0 Å². The summed E-state index contributed by atoms with van der Waals surface area (Å²) < 4.78 is 32.2. The Morgan fingerprint density at radius 1 is 0.875 bits per heavy atom. The van der Waals surface area contributed by atoms with Gasteiger partial charge in [0.05, 0.1) is 14.2 Å². The molecule has 0 fully saturated rings. The molecular weight excluding hydrogens is 412 g/mol. The summed E-state index contributed by atoms with van der Waals surface area (Å²) in [6.07, 6.45) is 5.98. The molecule has 2 rings (SSSR count). The smallest absolute Gasteiger partial charge is 0.197 e. The fraction of sp³-hybridized carbons (Fsp3) is 0.320. The Morgan fingerprint density at radius 2 is 1.47 bits per heavy atom. The van der Waals surface area contributed by atoms with Gasteiger partial charge in [-0.25, -0.2) is 0 Å². The van der Waals surface area contributed by atoms with Gasteiger partial charge in [-0.3, -0.25) is 4.79 Å². The molecule has 0 N–H and O–H groups in total. The van der Waals surface area contributed by atoms with Crippen molar-refractivity contribution < 1.29 is 33.2 Å². The van der Waals surface area contributed by atoms with Gasteiger partial charge in [0, 0.05) is 13.7 Å². The SMILES string of the molecule is CCOC(C)Oc1cc(C=CC(=O)C=Cc2ccc(OCOC)c(OC)c2)ccc1OC. The number of ketones is 1. The molecule has 0 radical (unpaired) electrons. The number of carbonyl (C=O) groups is 1. The predicted octanol–water partition coefficient (Wildman–Crippen LogP) is 4.74. The van der Waals surface area contributed by atoms with Gasteiger partial charge >= 0.3 is 0 Å². The van der Waals surface area contributed by atoms with Crippen LogP contribution in [0.3, 0.4) is 0 Å². The average Bonchev–Trinajstić information content (AvgIpc) is 2.80. The topological polar surface area (TPSA) is 72.5 Å². The number of carbonyl (C=O) groups excluding carboxylic acids is 1. The van der Waals surface area contributed by atoms with Crippen molar-refractivity contribution in [3.8, 4) is 23.0 Å². The number of rotatable bonds is 13. The molecule has 0 aliphatic rings. The summed E-state index contributed by atoms with van der Waals surface area (Å²) in [4.78, 5) is 12.3. The number of ether oxygens (including phenoxy) is 6. The average molecular weight is 443 g/mol. The van der Waals surface area contributed by atoms with Crippen LogP contribution < -0.4 is 18.9 Å². The summed E-state index contributed by atoms with van der Waals surface area (Å²) in [6.45, 7) is 4.37. The molecule has 0 amide bonds. The third kappa shape index (κ3) is 7.76. The van der Waals surface area contributed by atoms with Crippen molar-refractivity contribution in [1.82, 2.24) is 0 Å². The molecule has 7 heteroatoms. The van der Waals surface area contributed by atoms with Gasteiger partial charge in [-0.2, -0.15) is 0 Å². The summed E-state index contributed by atoms with van der Waals surface area (Å²) >= 11 is 0. The molecule has 0 aliphatic carbocycles. The Morgan fingerprint density at radius 3 is 2.03 bits per heavy atom. The van der Waals surface area contributed by atoms with E-state index in [0.29, 0.717) is 29.6 Å². The highest BCUT2D eigenvalue weighted by Gasteiger charge is 2.09. The molecule has 0 aliphatic heterocycles. The first-order chi connectivity index (χ1) is 15.5. The molecule has 0 aromatic heterocycles. The first-order valence-electron chi connectivity index (χ1n) is 10.2. The number of methoxy groups -OCH3 is 3. The minimum Gasteiger partial charge on any atom is -0.493 e. The van der Waals surface area contributed by atoms with E-state index < -0.39 is 6.29 Å². The predicted molar refractivity (Wildman–Crippen MR) is 123 cm³/mol. The quantitative estimate of drug-likeness (QED) is 0.328. The second-order valence-electron chi connectivity index (χ2n) is 6.58. The monoisotopic (exact) mass is 442 g/mol. The third-order valence-electron chi connectivity index (χ3n) is 4.28. The van der Waals surface area contributed by atoms with Crippen molar-refractivity contribution in [2.45, 2.75) is 20.1 Å². The van der Waals surface area contributed by atoms with E-state index in [1.165, 1.54) is 12.2 Å². The highest BCUT2D eigenvalue weighted by atomic mass is 16.7. The van der Waals surface area contributed by atoms with E-state index in [1.54, 1.807) is 57.7 Å². The van der Waals surface area contributed by atoms with Gasteiger partial charge in [0.1, 0.15) is 0 Å². The Balaban J connectivity index is 2.07. The minimum absolute atomic E-state index is 0.123. The van der Waals surface area contributed by atoms with Crippen LogP contribution in [-0.4, -0.2) is 46.8 Å². The highest BCUT2D eigenvalue weighted by Crippen LogP contribution is 2.30. The lowest BCUT2D eigenvalue weighted by Gasteiger charge is -2.17. The zero-order valence-corrected chi connectivity index (χ0v) is 19.1. The molecule has 1 unspecified atom stereocenters. The molecule has 0 heterocycles. The summed E-state index contributed by atoms with van der Waals surface area (Å²) in [5, 5.41) is 0. The van der Waals surface area contributed by atoms with Crippen molar-refractivity contribution in [3.05, 3.63) is 59.7 Å². The molecule has 172 valence electrons. The van der Waals surface area contributed by atoms with Crippen LogP contribution in [0.2, 0.25) is 0 Å². The number of hydrogen-bond donors (Lipinski definition) is 0. The second-order valence-corrected chi connectivity index (χ2v) is 6.58. The molecule has 0 spiro atoms. The normalized spacial score (nSPS) is 12.2. The Hall–Kier alpha value is -3.29. The van der Waals surface area contributed by atoms with Gasteiger partial charge < -0.3 is 28.4 Å². The standard InChI is InChI=1S/C25H30O7/c1-6-30-18(2)32-25-16-20(9-13-22(25)28-4)8-12-21(26)11-7-19-10-14-23(31-17-27-3)24(15-19)29-5/h7-16,18H,6,17H2,1-5H3. The molecule has 7 nitrogen and oxygen atoms in total. The Kier molecular flexibility index (Phi) is 10.3. The van der Waals surface area contributed by atoms with E-state index >= 15 is 0 Å². The van der Waals surface area contributed by atoms with E-state index in [4.69, 9.17) is 28.4 Å². The van der Waals surface area contributed by atoms with Gasteiger partial charge in [0.25, 0.3) is 0 Å². The van der Waals surface area contributed by atoms with Crippen molar-refractivity contribution in [2.24, 2.45) is 0 Å². The second kappa shape index (κ2) is 13.2. The van der Waals surface area contributed by atoms with E-state index in [0.717, 1.165) is 11.1 Å². The third-order valence-corrected chi connectivity index (χ3v) is 4.28. The van der Waals surface area contributed by atoms with Crippen LogP contribution in [0, 0.1) is 0 Å². The number of allylic oxidation sites excluding steroid dienone is 2. The zero-order chi connectivity index (χ0) is 23.3. The first-order valence-corrected chi connectivity index (χ1v) is 10.2. The largest absolute Gasteiger partial charge is 0.493 e. The minimum atomic E-state index is -0.416. The lowest BCUT2D eigenvalue weighted by Crippen LogP contribution is -2.16. The van der Waals surface area contributed by atoms with E-state index in [1.807, 2.05) is 26.0 Å². The summed E-state index contributed by atoms with van der Waals surface area (Å²) in [5.41, 5.74) is 1.60. The van der Waals surface area contributed by atoms with Gasteiger partial charge in [0.2, 0.25) is 0 Å². The molecule has 1 atom stereocenters. The van der Waals surface area contributed by atoms with Crippen molar-refractivity contribution in [1.29, 1.82) is 0 Å². The maximum absolute atomic E-state index is 12.3. The lowest BCUT2D eigenvalue weighted by atomic mass is 10.1. The molecule has 0 saturated heterocycles. The van der Waals surface area contributed by atoms with Crippen molar-refractivity contribution in [2.75, 3.05) is 34.7 Å². The molecule has 0 bridgehead atoms. The maximum atomic E-state index is 12.3. The Bertz CT molecular complexity index is 934. The van der Waals surface area contributed by atoms with Gasteiger partial charge in [-0.15, -0.1) is 0 Å². The first kappa shape index (κ1) is 25.0. The van der Waals surface area contributed by atoms with Crippen LogP contribution in [0.4, 0.5) is 0 Å². The highest BCUT2D eigenvalue weighted by molar-refractivity contribution is 6.04. The summed E-state index contributed by atoms with van der Waals surface area (Å²) in [6, 6.07) is 10.8. The van der Waals surface area contributed by atoms with Gasteiger partial charge in [-0.1, -0.05) is 24.3 Å². The summed E-state index contributed by atoms with van der Waals surface area (Å²) in [5.74, 6) is 2.09. The van der Waals surface area contributed by atoms with Crippen molar-refractivity contribution >= 4 is 17.9 Å². The lowest BCUT2D eigenvalue weighted by molar-refractivity contribution is -0.110. The van der Waals surface area contributed by atoms with Crippen LogP contribution in [-0.2, 0) is 14.3 Å². The van der Waals surface area contributed by atoms with Crippen molar-refractivity contribution in [3.63, 3.8) is 0 Å². The fourth-order valence-electron chi connectivity index (χ4n) is 2.78. The van der Waals surface area contributed by atoms with Crippen LogP contribution >= 0.6 is 0 Å². The molecular formula is C25H30O7. The molecule has 2 aromatic rings. The summed E-state index contributed by atoms with van der Waals surface area (Å²) in [7, 11) is 4.67. The fourth-order valence-corrected chi connectivity index (χ4v) is 2.78. The number of hydrogen-bond acceptors (Lipinski definition) is 7. The van der Waals surface area contributed by atoms with Gasteiger partial charge in [-0.05, 0) is 61.4 Å². The van der Waals surface area contributed by atoms with E-state index in [9.17, 15) is 4.79 Å². The van der Waals surface area contributed by atoms with Gasteiger partial charge in [0.15, 0.2) is 41.9 Å². The zero-order valence-electron chi connectivity index (χ0n) is 19.1. The molecule has 0 saturated carbocycles. The van der Waals surface area contributed by atoms with E-state index in [2.05, 4.69) is 0 Å². The van der Waals surface area contributed by atoms with Crippen LogP contribution in [0.15, 0.2) is 48.6 Å². The number of benzene rings is 2. The maximum Gasteiger partial charge on any atom is 0.197 e. The Labute approximate surface area is 189 Å². The van der Waals surface area contributed by atoms with Crippen LogP contribution in [0.1, 0.15) is 25.0 Å². The molecule has 2 aromatic carbocycles. The van der Waals surface area contributed by atoms with Crippen LogP contribution in [0.25, 0.3) is 12.2 Å².